The van der Waals surface area contributed by atoms with Gasteiger partial charge in [-0.25, -0.2) is 0 Å². The molecule has 110 valence electrons. The first-order valence-corrected chi connectivity index (χ1v) is 7.73. The van der Waals surface area contributed by atoms with Crippen molar-refractivity contribution in [3.05, 3.63) is 29.8 Å². The molecule has 1 aliphatic rings. The first kappa shape index (κ1) is 15.0. The number of aryl methyl sites for hydroxylation is 1. The number of carbonyl (C=O) groups excluding carboxylic acids is 1. The highest BCUT2D eigenvalue weighted by Crippen LogP contribution is 2.30. The second kappa shape index (κ2) is 6.89. The Balaban J connectivity index is 2.04. The Bertz CT molecular complexity index is 433. The van der Waals surface area contributed by atoms with E-state index < -0.39 is 0 Å². The van der Waals surface area contributed by atoms with Crippen LogP contribution in [0.2, 0.25) is 0 Å². The van der Waals surface area contributed by atoms with E-state index in [0.717, 1.165) is 44.5 Å². The summed E-state index contributed by atoms with van der Waals surface area (Å²) in [7, 11) is 0. The van der Waals surface area contributed by atoms with Gasteiger partial charge in [0.05, 0.1) is 0 Å². The molecular weight excluding hydrogens is 248 g/mol. The molecule has 0 unspecified atom stereocenters. The van der Waals surface area contributed by atoms with Crippen LogP contribution in [0.15, 0.2) is 24.3 Å². The molecule has 0 radical (unpaired) electrons. The molecule has 0 atom stereocenters. The zero-order chi connectivity index (χ0) is 14.5. The van der Waals surface area contributed by atoms with E-state index in [-0.39, 0.29) is 11.8 Å². The Morgan fingerprint density at radius 3 is 2.30 bits per heavy atom. The Morgan fingerprint density at radius 2 is 1.80 bits per heavy atom. The normalized spacial score (nSPS) is 22.6. The van der Waals surface area contributed by atoms with Gasteiger partial charge in [-0.1, -0.05) is 17.7 Å². The molecule has 0 aliphatic heterocycles. The first-order valence-electron chi connectivity index (χ1n) is 7.73. The number of carbonyl (C=O) groups is 1. The Kier molecular flexibility index (Phi) is 5.18. The molecule has 1 aromatic carbocycles. The minimum atomic E-state index is 0.180. The summed E-state index contributed by atoms with van der Waals surface area (Å²) in [5, 5.41) is 0. The van der Waals surface area contributed by atoms with Gasteiger partial charge in [-0.3, -0.25) is 4.79 Å². The second-order valence-corrected chi connectivity index (χ2v) is 5.87. The largest absolute Gasteiger partial charge is 0.330 e. The highest BCUT2D eigenvalue weighted by molar-refractivity contribution is 5.95. The van der Waals surface area contributed by atoms with Crippen LogP contribution < -0.4 is 10.6 Å². The number of rotatable bonds is 4. The predicted octanol–water partition coefficient (Wildman–Crippen LogP) is 3.11. The Hall–Kier alpha value is -1.35. The zero-order valence-electron chi connectivity index (χ0n) is 12.6. The van der Waals surface area contributed by atoms with E-state index >= 15 is 0 Å². The molecule has 1 saturated carbocycles. The molecule has 1 fully saturated rings. The van der Waals surface area contributed by atoms with Crippen LogP contribution in [0, 0.1) is 18.8 Å². The summed E-state index contributed by atoms with van der Waals surface area (Å²) in [5.74, 6) is 1.08. The monoisotopic (exact) mass is 274 g/mol. The standard InChI is InChI=1S/C17H26N2O/c1-3-19(16-10-4-13(2)5-11-16)17(20)15-8-6-14(12-18)7-9-15/h4-5,10-11,14-15H,3,6-9,12,18H2,1-2H3. The molecule has 0 spiro atoms. The molecule has 0 aromatic heterocycles. The maximum atomic E-state index is 12.7. The van der Waals surface area contributed by atoms with Gasteiger partial charge in [0, 0.05) is 18.2 Å². The van der Waals surface area contributed by atoms with Gasteiger partial charge in [0.25, 0.3) is 0 Å². The maximum Gasteiger partial charge on any atom is 0.230 e. The van der Waals surface area contributed by atoms with Gasteiger partial charge in [-0.15, -0.1) is 0 Å². The molecule has 20 heavy (non-hydrogen) atoms. The minimum Gasteiger partial charge on any atom is -0.330 e. The van der Waals surface area contributed by atoms with Gasteiger partial charge in [0.2, 0.25) is 5.91 Å². The summed E-state index contributed by atoms with van der Waals surface area (Å²) in [5.41, 5.74) is 7.96. The molecule has 0 heterocycles. The topological polar surface area (TPSA) is 46.3 Å². The molecule has 1 amide bonds. The van der Waals surface area contributed by atoms with Crippen LogP contribution in [0.1, 0.15) is 38.2 Å². The number of hydrogen-bond acceptors (Lipinski definition) is 2. The fourth-order valence-corrected chi connectivity index (χ4v) is 3.06. The molecule has 1 aromatic rings. The third-order valence-electron chi connectivity index (χ3n) is 4.46. The van der Waals surface area contributed by atoms with Gasteiger partial charge in [0.1, 0.15) is 0 Å². The van der Waals surface area contributed by atoms with E-state index in [0.29, 0.717) is 5.92 Å². The van der Waals surface area contributed by atoms with Crippen LogP contribution >= 0.6 is 0 Å². The predicted molar refractivity (Wildman–Crippen MR) is 83.7 cm³/mol. The van der Waals surface area contributed by atoms with Crippen molar-refractivity contribution in [2.75, 3.05) is 18.0 Å². The average molecular weight is 274 g/mol. The average Bonchev–Trinajstić information content (AvgIpc) is 2.50. The molecule has 0 bridgehead atoms. The molecular formula is C17H26N2O. The maximum absolute atomic E-state index is 12.7. The van der Waals surface area contributed by atoms with Crippen molar-refractivity contribution in [3.63, 3.8) is 0 Å². The van der Waals surface area contributed by atoms with Crippen LogP contribution in [0.25, 0.3) is 0 Å². The third kappa shape index (κ3) is 3.40. The summed E-state index contributed by atoms with van der Waals surface area (Å²) < 4.78 is 0. The van der Waals surface area contributed by atoms with Crippen LogP contribution in [-0.2, 0) is 4.79 Å². The Labute approximate surface area is 122 Å². The number of amides is 1. The van der Waals surface area contributed by atoms with Crippen molar-refractivity contribution in [1.82, 2.24) is 0 Å². The summed E-state index contributed by atoms with van der Waals surface area (Å²) in [6.07, 6.45) is 4.17. The van der Waals surface area contributed by atoms with Crippen molar-refractivity contribution in [2.24, 2.45) is 17.6 Å². The van der Waals surface area contributed by atoms with Crippen molar-refractivity contribution in [1.29, 1.82) is 0 Å². The van der Waals surface area contributed by atoms with E-state index in [1.165, 1.54) is 5.56 Å². The fourth-order valence-electron chi connectivity index (χ4n) is 3.06. The summed E-state index contributed by atoms with van der Waals surface area (Å²) >= 11 is 0. The van der Waals surface area contributed by atoms with Crippen LogP contribution in [0.3, 0.4) is 0 Å². The fraction of sp³-hybridized carbons (Fsp3) is 0.588. The minimum absolute atomic E-state index is 0.180. The highest BCUT2D eigenvalue weighted by Gasteiger charge is 2.29. The van der Waals surface area contributed by atoms with Gasteiger partial charge in [-0.2, -0.15) is 0 Å². The quantitative estimate of drug-likeness (QED) is 0.917. The lowest BCUT2D eigenvalue weighted by Crippen LogP contribution is -2.38. The lowest BCUT2D eigenvalue weighted by molar-refractivity contribution is -0.123. The lowest BCUT2D eigenvalue weighted by atomic mass is 9.81. The number of anilines is 1. The van der Waals surface area contributed by atoms with Gasteiger partial charge >= 0.3 is 0 Å². The van der Waals surface area contributed by atoms with Crippen molar-refractivity contribution >= 4 is 11.6 Å². The Morgan fingerprint density at radius 1 is 1.20 bits per heavy atom. The van der Waals surface area contributed by atoms with E-state index in [1.54, 1.807) is 0 Å². The SMILES string of the molecule is CCN(C(=O)C1CCC(CN)CC1)c1ccc(C)cc1. The van der Waals surface area contributed by atoms with Crippen molar-refractivity contribution in [2.45, 2.75) is 39.5 Å². The van der Waals surface area contributed by atoms with Crippen LogP contribution in [0.4, 0.5) is 5.69 Å². The smallest absolute Gasteiger partial charge is 0.230 e. The number of nitrogens with two attached hydrogens (primary N) is 1. The van der Waals surface area contributed by atoms with E-state index in [1.807, 2.05) is 24.0 Å². The van der Waals surface area contributed by atoms with E-state index in [9.17, 15) is 4.79 Å². The van der Waals surface area contributed by atoms with Crippen molar-refractivity contribution in [3.8, 4) is 0 Å². The van der Waals surface area contributed by atoms with Gasteiger partial charge in [0.15, 0.2) is 0 Å². The second-order valence-electron chi connectivity index (χ2n) is 5.87. The van der Waals surface area contributed by atoms with E-state index in [2.05, 4.69) is 19.1 Å². The summed E-state index contributed by atoms with van der Waals surface area (Å²) in [4.78, 5) is 14.6. The lowest BCUT2D eigenvalue weighted by Gasteiger charge is -2.31. The molecule has 1 aliphatic carbocycles. The van der Waals surface area contributed by atoms with Crippen LogP contribution in [-0.4, -0.2) is 19.0 Å². The molecule has 3 nitrogen and oxygen atoms in total. The van der Waals surface area contributed by atoms with Gasteiger partial charge < -0.3 is 10.6 Å². The molecule has 2 rings (SSSR count). The first-order chi connectivity index (χ1) is 9.65. The molecule has 3 heteroatoms. The number of nitrogens with zero attached hydrogens (tertiary/aromatic N) is 1. The highest BCUT2D eigenvalue weighted by atomic mass is 16.2. The van der Waals surface area contributed by atoms with E-state index in [4.69, 9.17) is 5.73 Å². The summed E-state index contributed by atoms with van der Waals surface area (Å²) in [6, 6.07) is 8.22. The van der Waals surface area contributed by atoms with Crippen molar-refractivity contribution < 1.29 is 4.79 Å². The molecule has 0 saturated heterocycles. The van der Waals surface area contributed by atoms with Crippen LogP contribution in [0.5, 0.6) is 0 Å². The number of benzene rings is 1. The number of hydrogen-bond donors (Lipinski definition) is 1. The zero-order valence-corrected chi connectivity index (χ0v) is 12.6. The van der Waals surface area contributed by atoms with Gasteiger partial charge in [-0.05, 0) is 64.1 Å². The third-order valence-corrected chi connectivity index (χ3v) is 4.46. The summed E-state index contributed by atoms with van der Waals surface area (Å²) in [6.45, 7) is 5.61. The molecule has 2 N–H and O–H groups in total.